The van der Waals surface area contributed by atoms with Gasteiger partial charge in [0.05, 0.1) is 10.9 Å². The number of thioether (sulfide) groups is 1. The van der Waals surface area contributed by atoms with Crippen LogP contribution in [0.5, 0.6) is 0 Å². The van der Waals surface area contributed by atoms with Gasteiger partial charge in [0.2, 0.25) is 11.1 Å². The molecule has 27 heavy (non-hydrogen) atoms. The van der Waals surface area contributed by atoms with Gasteiger partial charge in [-0.2, -0.15) is 4.68 Å². The molecule has 1 amide bonds. The van der Waals surface area contributed by atoms with Gasteiger partial charge in [0.15, 0.2) is 0 Å². The standard InChI is InChI=1S/C20H23N5OS/c1-14-10-11-18(15(2)12-14)25-20(21-22-23-25)27-16(3)19(26)24(4)13-17-8-6-5-7-9-17/h5-12,16H,13H2,1-4H3/t16-/m1/s1. The van der Waals surface area contributed by atoms with Gasteiger partial charge in [-0.3, -0.25) is 4.79 Å². The topological polar surface area (TPSA) is 63.9 Å². The first kappa shape index (κ1) is 19.1. The maximum absolute atomic E-state index is 12.8. The number of hydrogen-bond acceptors (Lipinski definition) is 5. The highest BCUT2D eigenvalue weighted by molar-refractivity contribution is 8.00. The molecular formula is C20H23N5OS. The first-order valence-electron chi connectivity index (χ1n) is 8.77. The number of carbonyl (C=O) groups excluding carboxylic acids is 1. The predicted octanol–water partition coefficient (Wildman–Crippen LogP) is 3.42. The molecule has 0 N–H and O–H groups in total. The van der Waals surface area contributed by atoms with E-state index < -0.39 is 0 Å². The highest BCUT2D eigenvalue weighted by Crippen LogP contribution is 2.25. The zero-order valence-electron chi connectivity index (χ0n) is 16.0. The average molecular weight is 382 g/mol. The summed E-state index contributed by atoms with van der Waals surface area (Å²) < 4.78 is 1.69. The van der Waals surface area contributed by atoms with E-state index in [1.165, 1.54) is 17.3 Å². The summed E-state index contributed by atoms with van der Waals surface area (Å²) in [6, 6.07) is 16.1. The molecule has 1 heterocycles. The van der Waals surface area contributed by atoms with Gasteiger partial charge in [0.25, 0.3) is 0 Å². The molecule has 7 heteroatoms. The molecule has 1 aromatic heterocycles. The molecular weight excluding hydrogens is 358 g/mol. The third kappa shape index (κ3) is 4.54. The first-order valence-corrected chi connectivity index (χ1v) is 9.65. The van der Waals surface area contributed by atoms with Crippen LogP contribution in [0, 0.1) is 13.8 Å². The summed E-state index contributed by atoms with van der Waals surface area (Å²) in [5.74, 6) is 0.0408. The molecule has 0 bridgehead atoms. The Kier molecular flexibility index (Phi) is 5.91. The number of hydrogen-bond donors (Lipinski definition) is 0. The average Bonchev–Trinajstić information content (AvgIpc) is 3.09. The highest BCUT2D eigenvalue weighted by Gasteiger charge is 2.22. The Balaban J connectivity index is 1.72. The second-order valence-electron chi connectivity index (χ2n) is 6.60. The van der Waals surface area contributed by atoms with Crippen LogP contribution in [0.4, 0.5) is 0 Å². The van der Waals surface area contributed by atoms with Crippen molar-refractivity contribution in [2.24, 2.45) is 0 Å². The van der Waals surface area contributed by atoms with Crippen LogP contribution in [-0.4, -0.2) is 43.3 Å². The number of nitrogens with zero attached hydrogens (tertiary/aromatic N) is 5. The summed E-state index contributed by atoms with van der Waals surface area (Å²) in [6.45, 7) is 6.54. The van der Waals surface area contributed by atoms with Gasteiger partial charge in [-0.05, 0) is 48.4 Å². The Morgan fingerprint density at radius 3 is 2.63 bits per heavy atom. The molecule has 0 radical (unpaired) electrons. The van der Waals surface area contributed by atoms with E-state index in [4.69, 9.17) is 0 Å². The molecule has 0 aliphatic heterocycles. The molecule has 0 aliphatic rings. The van der Waals surface area contributed by atoms with Gasteiger partial charge in [0.1, 0.15) is 0 Å². The molecule has 6 nitrogen and oxygen atoms in total. The summed E-state index contributed by atoms with van der Waals surface area (Å²) >= 11 is 1.37. The van der Waals surface area contributed by atoms with Crippen LogP contribution in [0.15, 0.2) is 53.7 Å². The molecule has 0 aliphatic carbocycles. The summed E-state index contributed by atoms with van der Waals surface area (Å²) in [5.41, 5.74) is 4.30. The maximum Gasteiger partial charge on any atom is 0.235 e. The Hall–Kier alpha value is -2.67. The monoisotopic (exact) mass is 381 g/mol. The predicted molar refractivity (Wildman–Crippen MR) is 107 cm³/mol. The van der Waals surface area contributed by atoms with Crippen LogP contribution in [0.1, 0.15) is 23.6 Å². The minimum atomic E-state index is -0.297. The highest BCUT2D eigenvalue weighted by atomic mass is 32.2. The summed E-state index contributed by atoms with van der Waals surface area (Å²) in [7, 11) is 1.82. The van der Waals surface area contributed by atoms with Crippen molar-refractivity contribution in [3.8, 4) is 5.69 Å². The van der Waals surface area contributed by atoms with Crippen molar-refractivity contribution in [1.82, 2.24) is 25.1 Å². The van der Waals surface area contributed by atoms with Crippen LogP contribution < -0.4 is 0 Å². The van der Waals surface area contributed by atoms with Gasteiger partial charge in [-0.1, -0.05) is 59.8 Å². The van der Waals surface area contributed by atoms with Crippen LogP contribution in [0.25, 0.3) is 5.69 Å². The van der Waals surface area contributed by atoms with E-state index in [1.807, 2.05) is 63.4 Å². The Labute approximate surface area is 163 Å². The number of amides is 1. The van der Waals surface area contributed by atoms with Crippen molar-refractivity contribution in [2.45, 2.75) is 37.7 Å². The molecule has 2 aromatic carbocycles. The summed E-state index contributed by atoms with van der Waals surface area (Å²) in [5, 5.41) is 12.3. The van der Waals surface area contributed by atoms with E-state index in [9.17, 15) is 4.79 Å². The third-order valence-electron chi connectivity index (χ3n) is 4.29. The quantitative estimate of drug-likeness (QED) is 0.612. The van der Waals surface area contributed by atoms with Crippen molar-refractivity contribution in [1.29, 1.82) is 0 Å². The number of aromatic nitrogens is 4. The Bertz CT molecular complexity index is 925. The van der Waals surface area contributed by atoms with E-state index in [1.54, 1.807) is 9.58 Å². The van der Waals surface area contributed by atoms with Crippen molar-refractivity contribution in [3.05, 3.63) is 65.2 Å². The fourth-order valence-corrected chi connectivity index (χ4v) is 3.82. The molecule has 0 fully saturated rings. The zero-order chi connectivity index (χ0) is 19.4. The fourth-order valence-electron chi connectivity index (χ4n) is 2.90. The van der Waals surface area contributed by atoms with E-state index in [-0.39, 0.29) is 11.2 Å². The number of benzene rings is 2. The lowest BCUT2D eigenvalue weighted by molar-refractivity contribution is -0.129. The Morgan fingerprint density at radius 2 is 1.93 bits per heavy atom. The lowest BCUT2D eigenvalue weighted by atomic mass is 10.1. The lowest BCUT2D eigenvalue weighted by Gasteiger charge is -2.21. The van der Waals surface area contributed by atoms with Gasteiger partial charge >= 0.3 is 0 Å². The van der Waals surface area contributed by atoms with Crippen LogP contribution >= 0.6 is 11.8 Å². The SMILES string of the molecule is Cc1ccc(-n2nnnc2S[C@H](C)C(=O)N(C)Cc2ccccc2)c(C)c1. The van der Waals surface area contributed by atoms with Crippen molar-refractivity contribution in [2.75, 3.05) is 7.05 Å². The number of rotatable bonds is 6. The molecule has 1 atom stereocenters. The zero-order valence-corrected chi connectivity index (χ0v) is 16.8. The van der Waals surface area contributed by atoms with Crippen LogP contribution in [0.2, 0.25) is 0 Å². The van der Waals surface area contributed by atoms with Crippen molar-refractivity contribution >= 4 is 17.7 Å². The second-order valence-corrected chi connectivity index (χ2v) is 7.91. The number of aryl methyl sites for hydroxylation is 2. The largest absolute Gasteiger partial charge is 0.340 e. The minimum Gasteiger partial charge on any atom is -0.340 e. The summed E-state index contributed by atoms with van der Waals surface area (Å²) in [6.07, 6.45) is 0. The van der Waals surface area contributed by atoms with E-state index in [0.29, 0.717) is 11.7 Å². The van der Waals surface area contributed by atoms with Gasteiger partial charge in [-0.15, -0.1) is 5.10 Å². The van der Waals surface area contributed by atoms with Crippen molar-refractivity contribution in [3.63, 3.8) is 0 Å². The molecule has 140 valence electrons. The van der Waals surface area contributed by atoms with Crippen molar-refractivity contribution < 1.29 is 4.79 Å². The first-order chi connectivity index (χ1) is 13.0. The molecule has 0 saturated heterocycles. The summed E-state index contributed by atoms with van der Waals surface area (Å²) in [4.78, 5) is 14.5. The molecule has 0 unspecified atom stereocenters. The van der Waals surface area contributed by atoms with Gasteiger partial charge in [-0.25, -0.2) is 0 Å². The van der Waals surface area contributed by atoms with E-state index in [2.05, 4.69) is 28.5 Å². The Morgan fingerprint density at radius 1 is 1.19 bits per heavy atom. The number of carbonyl (C=O) groups is 1. The third-order valence-corrected chi connectivity index (χ3v) is 5.31. The lowest BCUT2D eigenvalue weighted by Crippen LogP contribution is -2.33. The van der Waals surface area contributed by atoms with Crippen LogP contribution in [0.3, 0.4) is 0 Å². The van der Waals surface area contributed by atoms with E-state index in [0.717, 1.165) is 16.8 Å². The van der Waals surface area contributed by atoms with E-state index >= 15 is 0 Å². The minimum absolute atomic E-state index is 0.0408. The normalized spacial score (nSPS) is 12.0. The van der Waals surface area contributed by atoms with Gasteiger partial charge < -0.3 is 4.90 Å². The maximum atomic E-state index is 12.8. The molecule has 3 rings (SSSR count). The fraction of sp³-hybridized carbons (Fsp3) is 0.300. The smallest absolute Gasteiger partial charge is 0.235 e. The second kappa shape index (κ2) is 8.35. The number of tetrazole rings is 1. The van der Waals surface area contributed by atoms with Gasteiger partial charge in [0, 0.05) is 13.6 Å². The molecule has 0 spiro atoms. The molecule has 3 aromatic rings. The molecule has 0 saturated carbocycles. The van der Waals surface area contributed by atoms with Crippen LogP contribution in [-0.2, 0) is 11.3 Å².